The molecular formula is C27H28O6. The maximum atomic E-state index is 5.82. The minimum Gasteiger partial charge on any atom is -0.491 e. The van der Waals surface area contributed by atoms with Crippen LogP contribution in [0.5, 0.6) is 17.2 Å². The average molecular weight is 449 g/mol. The number of hydrogen-bond acceptors (Lipinski definition) is 6. The fourth-order valence-electron chi connectivity index (χ4n) is 3.63. The lowest BCUT2D eigenvalue weighted by Gasteiger charge is -2.20. The third-order valence-electron chi connectivity index (χ3n) is 5.56. The summed E-state index contributed by atoms with van der Waals surface area (Å²) in [4.78, 5) is 0. The number of benzene rings is 3. The first-order chi connectivity index (χ1) is 16.3. The molecule has 0 radical (unpaired) electrons. The fraction of sp³-hybridized carbons (Fsp3) is 0.333. The molecule has 0 spiro atoms. The predicted octanol–water partition coefficient (Wildman–Crippen LogP) is 4.75. The van der Waals surface area contributed by atoms with Crippen LogP contribution in [0.2, 0.25) is 0 Å². The van der Waals surface area contributed by atoms with Crippen molar-refractivity contribution in [2.75, 3.05) is 33.2 Å². The van der Waals surface area contributed by atoms with Crippen LogP contribution < -0.4 is 14.2 Å². The smallest absolute Gasteiger partial charge is 0.223 e. The van der Waals surface area contributed by atoms with Crippen molar-refractivity contribution in [2.45, 2.75) is 25.2 Å². The summed E-state index contributed by atoms with van der Waals surface area (Å²) in [6.07, 6.45) is 0.132. The second kappa shape index (κ2) is 10.3. The molecule has 0 amide bonds. The first-order valence-corrected chi connectivity index (χ1v) is 11.3. The zero-order valence-corrected chi connectivity index (χ0v) is 18.6. The van der Waals surface area contributed by atoms with Gasteiger partial charge in [-0.1, -0.05) is 36.4 Å². The summed E-state index contributed by atoms with van der Waals surface area (Å²) in [5.41, 5.74) is 3.51. The van der Waals surface area contributed by atoms with E-state index in [1.807, 2.05) is 43.3 Å². The lowest BCUT2D eigenvalue weighted by Crippen LogP contribution is -2.06. The van der Waals surface area contributed by atoms with Crippen LogP contribution in [0.4, 0.5) is 0 Å². The van der Waals surface area contributed by atoms with Crippen LogP contribution in [-0.4, -0.2) is 45.6 Å². The van der Waals surface area contributed by atoms with Crippen LogP contribution in [0.25, 0.3) is 0 Å². The molecule has 0 aliphatic carbocycles. The molecule has 33 heavy (non-hydrogen) atoms. The van der Waals surface area contributed by atoms with Gasteiger partial charge in [0.1, 0.15) is 36.6 Å². The molecule has 2 heterocycles. The van der Waals surface area contributed by atoms with Gasteiger partial charge in [0.25, 0.3) is 0 Å². The van der Waals surface area contributed by atoms with Crippen molar-refractivity contribution < 1.29 is 28.4 Å². The van der Waals surface area contributed by atoms with Gasteiger partial charge < -0.3 is 28.4 Å². The van der Waals surface area contributed by atoms with Gasteiger partial charge in [-0.15, -0.1) is 0 Å². The molecule has 3 aromatic rings. The van der Waals surface area contributed by atoms with E-state index in [-0.39, 0.29) is 25.1 Å². The molecule has 6 nitrogen and oxygen atoms in total. The zero-order chi connectivity index (χ0) is 22.5. The summed E-state index contributed by atoms with van der Waals surface area (Å²) in [5, 5.41) is 0. The molecule has 3 unspecified atom stereocenters. The molecule has 5 rings (SSSR count). The molecule has 0 bridgehead atoms. The number of epoxide rings is 2. The minimum absolute atomic E-state index is 0.0537. The third-order valence-corrected chi connectivity index (χ3v) is 5.56. The Bertz CT molecular complexity index is 1010. The summed E-state index contributed by atoms with van der Waals surface area (Å²) in [6, 6.07) is 24.7. The zero-order valence-electron chi connectivity index (χ0n) is 18.6. The molecule has 172 valence electrons. The van der Waals surface area contributed by atoms with Gasteiger partial charge in [0.15, 0.2) is 6.79 Å². The summed E-state index contributed by atoms with van der Waals surface area (Å²) < 4.78 is 32.9. The van der Waals surface area contributed by atoms with Gasteiger partial charge in [0.2, 0.25) is 6.29 Å². The first-order valence-electron chi connectivity index (χ1n) is 11.3. The van der Waals surface area contributed by atoms with Crippen LogP contribution in [0, 0.1) is 0 Å². The molecule has 2 fully saturated rings. The lowest BCUT2D eigenvalue weighted by molar-refractivity contribution is 0.0224. The number of rotatable bonds is 12. The van der Waals surface area contributed by atoms with Crippen LogP contribution in [0.15, 0.2) is 72.8 Å². The third kappa shape index (κ3) is 6.05. The van der Waals surface area contributed by atoms with E-state index < -0.39 is 0 Å². The largest absolute Gasteiger partial charge is 0.491 e. The van der Waals surface area contributed by atoms with E-state index >= 15 is 0 Å². The molecule has 6 heteroatoms. The second-order valence-corrected chi connectivity index (χ2v) is 8.04. The Morgan fingerprint density at radius 3 is 1.73 bits per heavy atom. The highest BCUT2D eigenvalue weighted by atomic mass is 16.8. The van der Waals surface area contributed by atoms with Gasteiger partial charge in [0.05, 0.1) is 6.61 Å². The summed E-state index contributed by atoms with van der Waals surface area (Å²) in [6.45, 7) is 4.86. The molecule has 0 aromatic heterocycles. The van der Waals surface area contributed by atoms with Gasteiger partial charge in [-0.25, -0.2) is 0 Å². The van der Waals surface area contributed by atoms with Crippen molar-refractivity contribution in [3.63, 3.8) is 0 Å². The predicted molar refractivity (Wildman–Crippen MR) is 123 cm³/mol. The monoisotopic (exact) mass is 448 g/mol. The molecule has 3 aromatic carbocycles. The Balaban J connectivity index is 1.37. The number of hydrogen-bond donors (Lipinski definition) is 0. The second-order valence-electron chi connectivity index (χ2n) is 8.04. The highest BCUT2D eigenvalue weighted by Crippen LogP contribution is 2.35. The highest BCUT2D eigenvalue weighted by molar-refractivity contribution is 5.46. The van der Waals surface area contributed by atoms with Gasteiger partial charge in [0, 0.05) is 12.5 Å². The van der Waals surface area contributed by atoms with E-state index in [0.717, 1.165) is 29.4 Å². The number of ether oxygens (including phenoxy) is 6. The van der Waals surface area contributed by atoms with Crippen molar-refractivity contribution in [1.29, 1.82) is 0 Å². The van der Waals surface area contributed by atoms with Crippen molar-refractivity contribution in [3.05, 3.63) is 89.5 Å². The Kier molecular flexibility index (Phi) is 6.76. The fourth-order valence-corrected chi connectivity index (χ4v) is 3.63. The summed E-state index contributed by atoms with van der Waals surface area (Å²) >= 11 is 0. The topological polar surface area (TPSA) is 62.0 Å². The Morgan fingerprint density at radius 2 is 1.24 bits per heavy atom. The van der Waals surface area contributed by atoms with Gasteiger partial charge in [-0.05, 0) is 60.0 Å². The Labute approximate surface area is 193 Å². The lowest BCUT2D eigenvalue weighted by atomic mass is 9.85. The van der Waals surface area contributed by atoms with Crippen LogP contribution in [0.1, 0.15) is 29.5 Å². The van der Waals surface area contributed by atoms with Crippen molar-refractivity contribution in [2.24, 2.45) is 0 Å². The molecule has 2 aliphatic rings. The quantitative estimate of drug-likeness (QED) is 0.172. The van der Waals surface area contributed by atoms with E-state index in [1.54, 1.807) is 0 Å². The van der Waals surface area contributed by atoms with Crippen molar-refractivity contribution >= 4 is 0 Å². The normalized spacial score (nSPS) is 19.5. The van der Waals surface area contributed by atoms with E-state index in [1.165, 1.54) is 11.1 Å². The van der Waals surface area contributed by atoms with E-state index in [0.29, 0.717) is 19.8 Å². The van der Waals surface area contributed by atoms with Gasteiger partial charge in [-0.3, -0.25) is 0 Å². The SMILES string of the molecule is CCOCOc1ccc(C(c2ccc(OCC3CO3)cc2)c2ccc(OC3CO3)cc2)cc1. The van der Waals surface area contributed by atoms with Crippen LogP contribution in [-0.2, 0) is 14.2 Å². The highest BCUT2D eigenvalue weighted by Gasteiger charge is 2.25. The Hall–Kier alpha value is -3.06. The molecule has 3 atom stereocenters. The maximum absolute atomic E-state index is 5.82. The Morgan fingerprint density at radius 1 is 0.727 bits per heavy atom. The van der Waals surface area contributed by atoms with Crippen LogP contribution in [0.3, 0.4) is 0 Å². The standard InChI is InChI=1S/C27H28O6/c1-2-28-18-32-23-11-5-20(6-12-23)27(21-7-13-24(14-8-21)33-26-17-31-26)19-3-9-22(10-4-19)29-15-25-16-30-25/h3-14,25-27H,2,15-18H2,1H3. The molecule has 2 aliphatic heterocycles. The summed E-state index contributed by atoms with van der Waals surface area (Å²) in [7, 11) is 0. The summed E-state index contributed by atoms with van der Waals surface area (Å²) in [5.74, 6) is 2.50. The average Bonchev–Trinajstić information content (AvgIpc) is 3.77. The molecule has 2 saturated heterocycles. The molecule has 0 N–H and O–H groups in total. The minimum atomic E-state index is -0.107. The van der Waals surface area contributed by atoms with E-state index in [9.17, 15) is 0 Å². The van der Waals surface area contributed by atoms with E-state index in [2.05, 4.69) is 36.4 Å². The van der Waals surface area contributed by atoms with Crippen molar-refractivity contribution in [3.8, 4) is 17.2 Å². The maximum Gasteiger partial charge on any atom is 0.223 e. The van der Waals surface area contributed by atoms with Gasteiger partial charge in [-0.2, -0.15) is 0 Å². The van der Waals surface area contributed by atoms with Crippen molar-refractivity contribution in [1.82, 2.24) is 0 Å². The molecular weight excluding hydrogens is 420 g/mol. The van der Waals surface area contributed by atoms with Crippen LogP contribution >= 0.6 is 0 Å². The molecule has 0 saturated carbocycles. The van der Waals surface area contributed by atoms with E-state index in [4.69, 9.17) is 28.4 Å². The van der Waals surface area contributed by atoms with Gasteiger partial charge >= 0.3 is 0 Å². The first kappa shape index (κ1) is 21.8.